The third-order valence-electron chi connectivity index (χ3n) is 3.29. The number of carbonyl (C=O) groups excluding carboxylic acids is 1. The van der Waals surface area contributed by atoms with Crippen LogP contribution >= 0.6 is 0 Å². The van der Waals surface area contributed by atoms with E-state index in [1.165, 1.54) is 6.07 Å². The van der Waals surface area contributed by atoms with Gasteiger partial charge in [-0.05, 0) is 26.7 Å². The predicted octanol–water partition coefficient (Wildman–Crippen LogP) is 3.28. The van der Waals surface area contributed by atoms with Crippen molar-refractivity contribution in [2.24, 2.45) is 5.41 Å². The van der Waals surface area contributed by atoms with Crippen molar-refractivity contribution >= 4 is 11.7 Å². The minimum atomic E-state index is -0.834. The first-order valence-corrected chi connectivity index (χ1v) is 6.47. The molecule has 0 aliphatic heterocycles. The minimum absolute atomic E-state index is 0.0720. The Morgan fingerprint density at radius 1 is 1.50 bits per heavy atom. The summed E-state index contributed by atoms with van der Waals surface area (Å²) in [5, 5.41) is 10.9. The molecule has 0 heterocycles. The Hall–Kier alpha value is -2.17. The van der Waals surface area contributed by atoms with Crippen molar-refractivity contribution in [2.45, 2.75) is 26.7 Å². The Bertz CT molecular complexity index is 512. The molecule has 1 aromatic rings. The van der Waals surface area contributed by atoms with E-state index in [0.717, 1.165) is 0 Å². The van der Waals surface area contributed by atoms with E-state index in [4.69, 9.17) is 4.74 Å². The van der Waals surface area contributed by atoms with Crippen LogP contribution in [0.5, 0.6) is 0 Å². The number of ether oxygens (including phenoxy) is 1. The smallest absolute Gasteiger partial charge is 0.315 e. The van der Waals surface area contributed by atoms with Crippen molar-refractivity contribution in [2.75, 3.05) is 6.61 Å². The van der Waals surface area contributed by atoms with Crippen LogP contribution in [-0.2, 0) is 16.0 Å². The number of hydrogen-bond acceptors (Lipinski definition) is 4. The molecule has 0 amide bonds. The quantitative estimate of drug-likeness (QED) is 0.332. The average Bonchev–Trinajstić information content (AvgIpc) is 2.45. The predicted molar refractivity (Wildman–Crippen MR) is 76.4 cm³/mol. The Kier molecular flexibility index (Phi) is 5.43. The van der Waals surface area contributed by atoms with E-state index in [9.17, 15) is 14.9 Å². The fourth-order valence-corrected chi connectivity index (χ4v) is 1.88. The summed E-state index contributed by atoms with van der Waals surface area (Å²) in [6, 6.07) is 6.54. The molecule has 1 rings (SSSR count). The molecule has 0 spiro atoms. The van der Waals surface area contributed by atoms with Crippen LogP contribution in [0.15, 0.2) is 36.9 Å². The number of esters is 1. The van der Waals surface area contributed by atoms with Gasteiger partial charge in [0, 0.05) is 11.6 Å². The summed E-state index contributed by atoms with van der Waals surface area (Å²) in [4.78, 5) is 22.4. The highest BCUT2D eigenvalue weighted by molar-refractivity contribution is 5.78. The number of para-hydroxylation sites is 1. The summed E-state index contributed by atoms with van der Waals surface area (Å²) in [5.41, 5.74) is -0.155. The lowest BCUT2D eigenvalue weighted by molar-refractivity contribution is -0.385. The van der Waals surface area contributed by atoms with Crippen LogP contribution < -0.4 is 0 Å². The first-order valence-electron chi connectivity index (χ1n) is 6.47. The van der Waals surface area contributed by atoms with Crippen LogP contribution in [0.3, 0.4) is 0 Å². The normalized spacial score (nSPS) is 13.3. The summed E-state index contributed by atoms with van der Waals surface area (Å²) < 4.78 is 5.02. The Labute approximate surface area is 118 Å². The number of nitrogens with zero attached hydrogens (tertiary/aromatic N) is 1. The summed E-state index contributed by atoms with van der Waals surface area (Å²) >= 11 is 0. The summed E-state index contributed by atoms with van der Waals surface area (Å²) in [6.45, 7) is 7.44. The van der Waals surface area contributed by atoms with E-state index in [1.807, 2.05) is 0 Å². The largest absolute Gasteiger partial charge is 0.465 e. The van der Waals surface area contributed by atoms with Gasteiger partial charge < -0.3 is 4.74 Å². The molecule has 5 nitrogen and oxygen atoms in total. The molecule has 0 bridgehead atoms. The van der Waals surface area contributed by atoms with E-state index in [0.29, 0.717) is 25.0 Å². The number of rotatable bonds is 7. The van der Waals surface area contributed by atoms with Crippen molar-refractivity contribution in [1.82, 2.24) is 0 Å². The SMILES string of the molecule is C=CC(C)(CCc1ccccc1[N+](=O)[O-])C(=O)OCC. The molecule has 0 aliphatic rings. The van der Waals surface area contributed by atoms with Crippen LogP contribution in [0.1, 0.15) is 25.8 Å². The van der Waals surface area contributed by atoms with E-state index < -0.39 is 10.3 Å². The fourth-order valence-electron chi connectivity index (χ4n) is 1.88. The molecular formula is C15H19NO4. The lowest BCUT2D eigenvalue weighted by Gasteiger charge is -2.23. The number of carbonyl (C=O) groups is 1. The van der Waals surface area contributed by atoms with Crippen LogP contribution in [0.2, 0.25) is 0 Å². The lowest BCUT2D eigenvalue weighted by Crippen LogP contribution is -2.28. The van der Waals surface area contributed by atoms with Gasteiger partial charge >= 0.3 is 5.97 Å². The van der Waals surface area contributed by atoms with Crippen molar-refractivity contribution < 1.29 is 14.5 Å². The van der Waals surface area contributed by atoms with Gasteiger partial charge in [-0.3, -0.25) is 14.9 Å². The molecule has 1 atom stereocenters. The standard InChI is InChI=1S/C15H19NO4/c1-4-15(3,14(17)20-5-2)11-10-12-8-6-7-9-13(12)16(18)19/h4,6-9H,1,5,10-11H2,2-3H3. The second-order valence-electron chi connectivity index (χ2n) is 4.73. The molecule has 0 aliphatic carbocycles. The zero-order valence-corrected chi connectivity index (χ0v) is 11.8. The van der Waals surface area contributed by atoms with Crippen LogP contribution in [0.4, 0.5) is 5.69 Å². The van der Waals surface area contributed by atoms with E-state index in [-0.39, 0.29) is 11.7 Å². The average molecular weight is 277 g/mol. The summed E-state index contributed by atoms with van der Waals surface area (Å²) in [7, 11) is 0. The number of hydrogen-bond donors (Lipinski definition) is 0. The minimum Gasteiger partial charge on any atom is -0.465 e. The van der Waals surface area contributed by atoms with E-state index >= 15 is 0 Å². The molecule has 108 valence electrons. The fraction of sp³-hybridized carbons (Fsp3) is 0.400. The highest BCUT2D eigenvalue weighted by atomic mass is 16.6. The van der Waals surface area contributed by atoms with Gasteiger partial charge in [0.15, 0.2) is 0 Å². The maximum atomic E-state index is 11.9. The van der Waals surface area contributed by atoms with Gasteiger partial charge in [0.25, 0.3) is 5.69 Å². The van der Waals surface area contributed by atoms with Crippen molar-refractivity contribution in [3.05, 3.63) is 52.6 Å². The highest BCUT2D eigenvalue weighted by Gasteiger charge is 2.31. The van der Waals surface area contributed by atoms with Gasteiger partial charge in [-0.2, -0.15) is 0 Å². The van der Waals surface area contributed by atoms with Crippen LogP contribution in [-0.4, -0.2) is 17.5 Å². The molecule has 0 N–H and O–H groups in total. The molecule has 1 aromatic carbocycles. The third-order valence-corrected chi connectivity index (χ3v) is 3.29. The molecular weight excluding hydrogens is 258 g/mol. The van der Waals surface area contributed by atoms with Gasteiger partial charge in [-0.1, -0.05) is 24.3 Å². The highest BCUT2D eigenvalue weighted by Crippen LogP contribution is 2.29. The van der Waals surface area contributed by atoms with Gasteiger partial charge in [-0.15, -0.1) is 6.58 Å². The van der Waals surface area contributed by atoms with Crippen molar-refractivity contribution in [1.29, 1.82) is 0 Å². The molecule has 0 saturated heterocycles. The lowest BCUT2D eigenvalue weighted by atomic mass is 9.84. The summed E-state index contributed by atoms with van der Waals surface area (Å²) in [5.74, 6) is -0.353. The zero-order chi connectivity index (χ0) is 15.2. The number of nitro groups is 1. The molecule has 20 heavy (non-hydrogen) atoms. The summed E-state index contributed by atoms with van der Waals surface area (Å²) in [6.07, 6.45) is 2.37. The third kappa shape index (κ3) is 3.66. The van der Waals surface area contributed by atoms with Crippen molar-refractivity contribution in [3.8, 4) is 0 Å². The molecule has 0 radical (unpaired) electrons. The first kappa shape index (κ1) is 15.9. The van der Waals surface area contributed by atoms with Gasteiger partial charge in [0.2, 0.25) is 0 Å². The Morgan fingerprint density at radius 2 is 2.15 bits per heavy atom. The number of benzene rings is 1. The molecule has 0 aromatic heterocycles. The zero-order valence-electron chi connectivity index (χ0n) is 11.8. The Morgan fingerprint density at radius 3 is 2.70 bits per heavy atom. The van der Waals surface area contributed by atoms with Crippen LogP contribution in [0, 0.1) is 15.5 Å². The van der Waals surface area contributed by atoms with Crippen molar-refractivity contribution in [3.63, 3.8) is 0 Å². The van der Waals surface area contributed by atoms with Gasteiger partial charge in [-0.25, -0.2) is 0 Å². The van der Waals surface area contributed by atoms with Gasteiger partial charge in [0.1, 0.15) is 0 Å². The first-order chi connectivity index (χ1) is 9.44. The second-order valence-corrected chi connectivity index (χ2v) is 4.73. The molecule has 1 unspecified atom stereocenters. The van der Waals surface area contributed by atoms with E-state index in [2.05, 4.69) is 6.58 Å². The topological polar surface area (TPSA) is 69.4 Å². The van der Waals surface area contributed by atoms with Crippen LogP contribution in [0.25, 0.3) is 0 Å². The Balaban J connectivity index is 2.87. The maximum absolute atomic E-state index is 11.9. The molecule has 0 saturated carbocycles. The maximum Gasteiger partial charge on any atom is 0.315 e. The second kappa shape index (κ2) is 6.84. The van der Waals surface area contributed by atoms with Gasteiger partial charge in [0.05, 0.1) is 16.9 Å². The number of nitro benzene ring substituents is 1. The van der Waals surface area contributed by atoms with E-state index in [1.54, 1.807) is 38.1 Å². The number of aryl methyl sites for hydroxylation is 1. The molecule has 0 fully saturated rings. The molecule has 5 heteroatoms. The monoisotopic (exact) mass is 277 g/mol.